The molecule has 2 atom stereocenters. The molecule has 2 heterocycles. The van der Waals surface area contributed by atoms with E-state index < -0.39 is 5.97 Å². The summed E-state index contributed by atoms with van der Waals surface area (Å²) < 4.78 is 2.02. The maximum Gasteiger partial charge on any atom is 0.307 e. The van der Waals surface area contributed by atoms with Crippen LogP contribution in [0, 0.1) is 5.92 Å². The molecule has 2 unspecified atom stereocenters. The number of rotatable bonds is 4. The molecule has 1 saturated heterocycles. The Hall–Kier alpha value is -2.14. The van der Waals surface area contributed by atoms with Crippen molar-refractivity contribution in [2.75, 3.05) is 6.54 Å². The fourth-order valence-corrected chi connectivity index (χ4v) is 3.24. The highest BCUT2D eigenvalue weighted by Gasteiger charge is 2.30. The zero-order valence-electron chi connectivity index (χ0n) is 12.3. The molecule has 2 aromatic rings. The van der Waals surface area contributed by atoms with Crippen molar-refractivity contribution >= 4 is 5.97 Å². The van der Waals surface area contributed by atoms with Crippen molar-refractivity contribution in [2.24, 2.45) is 5.92 Å². The van der Waals surface area contributed by atoms with Crippen molar-refractivity contribution in [3.05, 3.63) is 47.8 Å². The Balaban J connectivity index is 1.53. The molecule has 1 aliphatic carbocycles. The van der Waals surface area contributed by atoms with Crippen LogP contribution in [0.2, 0.25) is 0 Å². The number of nitrogens with one attached hydrogen (secondary N) is 1. The molecule has 5 heteroatoms. The van der Waals surface area contributed by atoms with Gasteiger partial charge in [0.15, 0.2) is 0 Å². The zero-order valence-corrected chi connectivity index (χ0v) is 12.3. The lowest BCUT2D eigenvalue weighted by Gasteiger charge is -2.12. The number of benzene rings is 1. The summed E-state index contributed by atoms with van der Waals surface area (Å²) in [6.07, 6.45) is 5.03. The van der Waals surface area contributed by atoms with Gasteiger partial charge in [0.05, 0.1) is 11.6 Å². The molecule has 2 N–H and O–H groups in total. The van der Waals surface area contributed by atoms with Crippen molar-refractivity contribution < 1.29 is 9.90 Å². The van der Waals surface area contributed by atoms with Crippen LogP contribution in [0.5, 0.6) is 0 Å². The van der Waals surface area contributed by atoms with Gasteiger partial charge in [0.2, 0.25) is 0 Å². The summed E-state index contributed by atoms with van der Waals surface area (Å²) in [5, 5.41) is 16.8. The molecule has 114 valence electrons. The largest absolute Gasteiger partial charge is 0.481 e. The monoisotopic (exact) mass is 297 g/mol. The number of hydrogen-bond acceptors (Lipinski definition) is 3. The van der Waals surface area contributed by atoms with Crippen LogP contribution in [0.4, 0.5) is 0 Å². The van der Waals surface area contributed by atoms with Crippen LogP contribution >= 0.6 is 0 Å². The van der Waals surface area contributed by atoms with Crippen LogP contribution in [-0.2, 0) is 4.79 Å². The minimum absolute atomic E-state index is 0.135. The molecule has 5 nitrogen and oxygen atoms in total. The SMILES string of the molecule is O=C(O)C1CNC(c2ccc(-n3nccc3C3CC3)cc2)C1. The third-order valence-electron chi connectivity index (χ3n) is 4.69. The van der Waals surface area contributed by atoms with Gasteiger partial charge in [-0.2, -0.15) is 5.10 Å². The predicted molar refractivity (Wildman–Crippen MR) is 82.0 cm³/mol. The summed E-state index contributed by atoms with van der Waals surface area (Å²) in [5.41, 5.74) is 3.51. The van der Waals surface area contributed by atoms with E-state index in [1.54, 1.807) is 0 Å². The number of carboxylic acids is 1. The van der Waals surface area contributed by atoms with Gasteiger partial charge in [-0.15, -0.1) is 0 Å². The van der Waals surface area contributed by atoms with Gasteiger partial charge in [0.1, 0.15) is 0 Å². The third-order valence-corrected chi connectivity index (χ3v) is 4.69. The van der Waals surface area contributed by atoms with Crippen LogP contribution < -0.4 is 5.32 Å². The van der Waals surface area contributed by atoms with Gasteiger partial charge >= 0.3 is 5.97 Å². The Kier molecular flexibility index (Phi) is 3.22. The number of aromatic nitrogens is 2. The molecule has 22 heavy (non-hydrogen) atoms. The Morgan fingerprint density at radius 1 is 1.23 bits per heavy atom. The van der Waals surface area contributed by atoms with Gasteiger partial charge in [-0.05, 0) is 43.0 Å². The van der Waals surface area contributed by atoms with E-state index in [0.717, 1.165) is 11.3 Å². The average Bonchev–Trinajstić information content (AvgIpc) is 3.06. The first-order chi connectivity index (χ1) is 10.7. The highest BCUT2D eigenvalue weighted by atomic mass is 16.4. The Morgan fingerprint density at radius 3 is 2.64 bits per heavy atom. The molecular weight excluding hydrogens is 278 g/mol. The molecule has 0 amide bonds. The van der Waals surface area contributed by atoms with E-state index in [1.807, 2.05) is 10.9 Å². The second-order valence-corrected chi connectivity index (χ2v) is 6.27. The molecule has 0 bridgehead atoms. The maximum absolute atomic E-state index is 11.0. The van der Waals surface area contributed by atoms with E-state index in [2.05, 4.69) is 40.7 Å². The number of carbonyl (C=O) groups is 1. The van der Waals surface area contributed by atoms with Gasteiger partial charge in [0.25, 0.3) is 0 Å². The second-order valence-electron chi connectivity index (χ2n) is 6.27. The molecule has 1 aliphatic heterocycles. The van der Waals surface area contributed by atoms with Crippen molar-refractivity contribution in [1.82, 2.24) is 15.1 Å². The van der Waals surface area contributed by atoms with Crippen molar-refractivity contribution in [3.63, 3.8) is 0 Å². The Bertz CT molecular complexity index is 688. The smallest absolute Gasteiger partial charge is 0.307 e. The number of aliphatic carboxylic acids is 1. The van der Waals surface area contributed by atoms with E-state index in [4.69, 9.17) is 5.11 Å². The molecule has 0 spiro atoms. The first-order valence-electron chi connectivity index (χ1n) is 7.83. The number of carboxylic acid groups (broad SMARTS) is 1. The van der Waals surface area contributed by atoms with Gasteiger partial charge < -0.3 is 10.4 Å². The van der Waals surface area contributed by atoms with E-state index in [0.29, 0.717) is 18.9 Å². The lowest BCUT2D eigenvalue weighted by Crippen LogP contribution is -2.17. The second kappa shape index (κ2) is 5.25. The standard InChI is InChI=1S/C17H19N3O2/c21-17(22)13-9-15(18-10-13)11-3-5-14(6-4-11)20-16(7-8-19-20)12-1-2-12/h3-8,12-13,15,18H,1-2,9-10H2,(H,21,22). The van der Waals surface area contributed by atoms with Crippen LogP contribution in [0.15, 0.2) is 36.5 Å². The minimum Gasteiger partial charge on any atom is -0.481 e. The topological polar surface area (TPSA) is 67.2 Å². The van der Waals surface area contributed by atoms with Gasteiger partial charge in [-0.1, -0.05) is 12.1 Å². The zero-order chi connectivity index (χ0) is 15.1. The van der Waals surface area contributed by atoms with Crippen LogP contribution in [-0.4, -0.2) is 27.4 Å². The molecule has 2 fully saturated rings. The summed E-state index contributed by atoms with van der Waals surface area (Å²) in [4.78, 5) is 11.0. The molecule has 1 saturated carbocycles. The summed E-state index contributed by atoms with van der Waals surface area (Å²) in [5.74, 6) is -0.329. The third kappa shape index (κ3) is 2.41. The average molecular weight is 297 g/mol. The first kappa shape index (κ1) is 13.5. The summed E-state index contributed by atoms with van der Waals surface area (Å²) in [6.45, 7) is 0.548. The molecule has 1 aromatic heterocycles. The highest BCUT2D eigenvalue weighted by molar-refractivity contribution is 5.70. The van der Waals surface area contributed by atoms with Gasteiger partial charge in [-0.25, -0.2) is 4.68 Å². The number of hydrogen-bond donors (Lipinski definition) is 2. The van der Waals surface area contributed by atoms with Crippen LogP contribution in [0.3, 0.4) is 0 Å². The van der Waals surface area contributed by atoms with Crippen LogP contribution in [0.25, 0.3) is 5.69 Å². The lowest BCUT2D eigenvalue weighted by atomic mass is 10.00. The molecular formula is C17H19N3O2. The van der Waals surface area contributed by atoms with Crippen molar-refractivity contribution in [1.29, 1.82) is 0 Å². The Labute approximate surface area is 129 Å². The van der Waals surface area contributed by atoms with Crippen LogP contribution in [0.1, 0.15) is 42.5 Å². The van der Waals surface area contributed by atoms with E-state index in [1.165, 1.54) is 18.5 Å². The van der Waals surface area contributed by atoms with Crippen molar-refractivity contribution in [3.8, 4) is 5.69 Å². The molecule has 0 radical (unpaired) electrons. The van der Waals surface area contributed by atoms with Gasteiger partial charge in [0, 0.05) is 30.4 Å². The van der Waals surface area contributed by atoms with Gasteiger partial charge in [-0.3, -0.25) is 4.79 Å². The molecule has 1 aromatic carbocycles. The predicted octanol–water partition coefficient (Wildman–Crippen LogP) is 2.48. The summed E-state index contributed by atoms with van der Waals surface area (Å²) in [6, 6.07) is 10.5. The molecule has 2 aliphatic rings. The Morgan fingerprint density at radius 2 is 2.00 bits per heavy atom. The fraction of sp³-hybridized carbons (Fsp3) is 0.412. The quantitative estimate of drug-likeness (QED) is 0.910. The normalized spacial score (nSPS) is 24.5. The summed E-state index contributed by atoms with van der Waals surface area (Å²) >= 11 is 0. The van der Waals surface area contributed by atoms with E-state index >= 15 is 0 Å². The number of nitrogens with zero attached hydrogens (tertiary/aromatic N) is 2. The summed E-state index contributed by atoms with van der Waals surface area (Å²) in [7, 11) is 0. The fourth-order valence-electron chi connectivity index (χ4n) is 3.24. The maximum atomic E-state index is 11.0. The molecule has 4 rings (SSSR count). The highest BCUT2D eigenvalue weighted by Crippen LogP contribution is 2.40. The van der Waals surface area contributed by atoms with Crippen molar-refractivity contribution in [2.45, 2.75) is 31.2 Å². The minimum atomic E-state index is -0.711. The lowest BCUT2D eigenvalue weighted by molar-refractivity contribution is -0.141. The van der Waals surface area contributed by atoms with E-state index in [-0.39, 0.29) is 12.0 Å². The first-order valence-corrected chi connectivity index (χ1v) is 7.83. The van der Waals surface area contributed by atoms with E-state index in [9.17, 15) is 4.79 Å².